The van der Waals surface area contributed by atoms with Gasteiger partial charge in [-0.15, -0.1) is 0 Å². The first kappa shape index (κ1) is 16.0. The van der Waals surface area contributed by atoms with Gasteiger partial charge in [0.05, 0.1) is 0 Å². The number of aromatic nitrogens is 1. The average Bonchev–Trinajstić information content (AvgIpc) is 2.35. The van der Waals surface area contributed by atoms with Crippen LogP contribution in [0.1, 0.15) is 26.7 Å². The molecule has 7 heteroatoms. The molecule has 0 bridgehead atoms. The summed E-state index contributed by atoms with van der Waals surface area (Å²) in [4.78, 5) is 3.57. The van der Waals surface area contributed by atoms with Gasteiger partial charge in [-0.05, 0) is 36.9 Å². The monoisotopic (exact) mass is 289 g/mol. The Morgan fingerprint density at radius 2 is 2.16 bits per heavy atom. The van der Waals surface area contributed by atoms with E-state index in [-0.39, 0.29) is 12.0 Å². The third-order valence-electron chi connectivity index (χ3n) is 2.78. The van der Waals surface area contributed by atoms with Gasteiger partial charge >= 0.3 is 0 Å². The van der Waals surface area contributed by atoms with Gasteiger partial charge in [0.15, 0.2) is 5.82 Å². The molecule has 0 aliphatic heterocycles. The Labute approximate surface area is 113 Å². The Bertz CT molecular complexity index is 517. The van der Waals surface area contributed by atoms with E-state index in [1.165, 1.54) is 12.3 Å². The number of hydrogen-bond acceptors (Lipinski definition) is 4. The van der Waals surface area contributed by atoms with Crippen LogP contribution in [0.3, 0.4) is 0 Å². The fourth-order valence-electron chi connectivity index (χ4n) is 1.60. The second kappa shape index (κ2) is 6.40. The second-order valence-electron chi connectivity index (χ2n) is 5.17. The topological polar surface area (TPSA) is 85.1 Å². The minimum Gasteiger partial charge on any atom is -0.330 e. The van der Waals surface area contributed by atoms with Crippen molar-refractivity contribution in [3.05, 3.63) is 24.1 Å². The van der Waals surface area contributed by atoms with Gasteiger partial charge in [0.25, 0.3) is 10.0 Å². The number of hydrogen-bond donors (Lipinski definition) is 2. The largest absolute Gasteiger partial charge is 0.330 e. The fourth-order valence-corrected chi connectivity index (χ4v) is 2.84. The molecule has 0 aliphatic carbocycles. The molecule has 0 radical (unpaired) electrons. The molecule has 0 fully saturated rings. The first-order chi connectivity index (χ1) is 8.78. The lowest BCUT2D eigenvalue weighted by molar-refractivity contribution is 0.326. The van der Waals surface area contributed by atoms with Crippen molar-refractivity contribution in [2.75, 3.05) is 13.1 Å². The van der Waals surface area contributed by atoms with Crippen LogP contribution in [0.25, 0.3) is 0 Å². The molecule has 1 rings (SSSR count). The molecule has 5 nitrogen and oxygen atoms in total. The van der Waals surface area contributed by atoms with E-state index >= 15 is 0 Å². The zero-order chi connectivity index (χ0) is 14.5. The molecular weight excluding hydrogens is 269 g/mol. The summed E-state index contributed by atoms with van der Waals surface area (Å²) in [6.45, 7) is 4.64. The number of pyridine rings is 1. The molecule has 0 spiro atoms. The van der Waals surface area contributed by atoms with Gasteiger partial charge in [-0.2, -0.15) is 0 Å². The lowest BCUT2D eigenvalue weighted by Crippen LogP contribution is -2.35. The summed E-state index contributed by atoms with van der Waals surface area (Å²) in [5.74, 6) is -0.852. The first-order valence-corrected chi connectivity index (χ1v) is 7.57. The Hall–Kier alpha value is -1.05. The SMILES string of the molecule is CC(C)(CCCN)CNS(=O)(=O)c1ncccc1F. The highest BCUT2D eigenvalue weighted by Gasteiger charge is 2.24. The predicted octanol–water partition coefficient (Wildman–Crippen LogP) is 1.26. The number of nitrogens with two attached hydrogens (primary N) is 1. The predicted molar refractivity (Wildman–Crippen MR) is 71.5 cm³/mol. The molecule has 0 unspecified atom stereocenters. The molecular formula is C12H20FN3O2S. The molecule has 1 aromatic heterocycles. The molecule has 0 aliphatic rings. The zero-order valence-corrected chi connectivity index (χ0v) is 12.0. The maximum Gasteiger partial charge on any atom is 0.261 e. The quantitative estimate of drug-likeness (QED) is 0.791. The highest BCUT2D eigenvalue weighted by molar-refractivity contribution is 7.89. The summed E-state index contributed by atoms with van der Waals surface area (Å²) in [5, 5.41) is -0.565. The fraction of sp³-hybridized carbons (Fsp3) is 0.583. The highest BCUT2D eigenvalue weighted by atomic mass is 32.2. The maximum absolute atomic E-state index is 13.4. The van der Waals surface area contributed by atoms with Gasteiger partial charge in [0.1, 0.15) is 0 Å². The van der Waals surface area contributed by atoms with Gasteiger partial charge in [-0.25, -0.2) is 22.5 Å². The lowest BCUT2D eigenvalue weighted by atomic mass is 9.88. The van der Waals surface area contributed by atoms with Crippen LogP contribution in [0.5, 0.6) is 0 Å². The van der Waals surface area contributed by atoms with Gasteiger partial charge in [-0.3, -0.25) is 0 Å². The van der Waals surface area contributed by atoms with Crippen molar-refractivity contribution in [2.24, 2.45) is 11.1 Å². The number of sulfonamides is 1. The Kier molecular flexibility index (Phi) is 5.39. The lowest BCUT2D eigenvalue weighted by Gasteiger charge is -2.24. The molecule has 108 valence electrons. The van der Waals surface area contributed by atoms with Crippen molar-refractivity contribution in [2.45, 2.75) is 31.7 Å². The van der Waals surface area contributed by atoms with E-state index in [0.717, 1.165) is 18.9 Å². The number of halogens is 1. The van der Waals surface area contributed by atoms with Crippen molar-refractivity contribution < 1.29 is 12.8 Å². The smallest absolute Gasteiger partial charge is 0.261 e. The summed E-state index contributed by atoms with van der Waals surface area (Å²) < 4.78 is 39.7. The molecule has 1 heterocycles. The number of nitrogens with one attached hydrogen (secondary N) is 1. The molecule has 0 atom stereocenters. The van der Waals surface area contributed by atoms with E-state index in [0.29, 0.717) is 6.54 Å². The van der Waals surface area contributed by atoms with Gasteiger partial charge < -0.3 is 5.73 Å². The van der Waals surface area contributed by atoms with Crippen molar-refractivity contribution in [1.82, 2.24) is 9.71 Å². The second-order valence-corrected chi connectivity index (χ2v) is 6.85. The van der Waals surface area contributed by atoms with Crippen LogP contribution in [0.2, 0.25) is 0 Å². The Morgan fingerprint density at radius 1 is 1.47 bits per heavy atom. The molecule has 0 saturated heterocycles. The van der Waals surface area contributed by atoms with E-state index in [2.05, 4.69) is 9.71 Å². The molecule has 0 aromatic carbocycles. The summed E-state index contributed by atoms with van der Waals surface area (Å²) in [6, 6.07) is 2.42. The molecule has 3 N–H and O–H groups in total. The summed E-state index contributed by atoms with van der Waals surface area (Å²) in [6.07, 6.45) is 2.85. The summed E-state index contributed by atoms with van der Waals surface area (Å²) in [7, 11) is -3.92. The Morgan fingerprint density at radius 3 is 2.74 bits per heavy atom. The van der Waals surface area contributed by atoms with Gasteiger partial charge in [0.2, 0.25) is 5.03 Å². The summed E-state index contributed by atoms with van der Waals surface area (Å²) >= 11 is 0. The van der Waals surface area contributed by atoms with Gasteiger partial charge in [0, 0.05) is 12.7 Å². The minimum atomic E-state index is -3.92. The molecule has 19 heavy (non-hydrogen) atoms. The third-order valence-corrected chi connectivity index (χ3v) is 4.11. The van der Waals surface area contributed by atoms with Crippen LogP contribution in [0.15, 0.2) is 23.4 Å². The maximum atomic E-state index is 13.4. The zero-order valence-electron chi connectivity index (χ0n) is 11.2. The third kappa shape index (κ3) is 4.85. The molecule has 0 saturated carbocycles. The van der Waals surface area contributed by atoms with Crippen LogP contribution >= 0.6 is 0 Å². The van der Waals surface area contributed by atoms with Crippen LogP contribution in [-0.4, -0.2) is 26.5 Å². The highest BCUT2D eigenvalue weighted by Crippen LogP contribution is 2.21. The van der Waals surface area contributed by atoms with Crippen molar-refractivity contribution in [3.8, 4) is 0 Å². The van der Waals surface area contributed by atoms with Gasteiger partial charge in [-0.1, -0.05) is 13.8 Å². The van der Waals surface area contributed by atoms with E-state index < -0.39 is 20.9 Å². The average molecular weight is 289 g/mol. The van der Waals surface area contributed by atoms with Crippen molar-refractivity contribution in [1.29, 1.82) is 0 Å². The molecule has 1 aromatic rings. The standard InChI is InChI=1S/C12H20FN3O2S/c1-12(2,6-4-7-14)9-16-19(17,18)11-10(13)5-3-8-15-11/h3,5,8,16H,4,6-7,9,14H2,1-2H3. The van der Waals surface area contributed by atoms with E-state index in [9.17, 15) is 12.8 Å². The van der Waals surface area contributed by atoms with Crippen molar-refractivity contribution >= 4 is 10.0 Å². The number of nitrogens with zero attached hydrogens (tertiary/aromatic N) is 1. The van der Waals surface area contributed by atoms with E-state index in [1.54, 1.807) is 0 Å². The van der Waals surface area contributed by atoms with Crippen LogP contribution < -0.4 is 10.5 Å². The minimum absolute atomic E-state index is 0.214. The normalized spacial score (nSPS) is 12.6. The van der Waals surface area contributed by atoms with Crippen LogP contribution in [0, 0.1) is 11.2 Å². The van der Waals surface area contributed by atoms with E-state index in [4.69, 9.17) is 5.73 Å². The molecule has 0 amide bonds. The summed E-state index contributed by atoms with van der Waals surface area (Å²) in [5.41, 5.74) is 5.19. The van der Waals surface area contributed by atoms with Crippen molar-refractivity contribution in [3.63, 3.8) is 0 Å². The van der Waals surface area contributed by atoms with E-state index in [1.807, 2.05) is 13.8 Å². The Balaban J connectivity index is 2.74. The van der Waals surface area contributed by atoms with Crippen LogP contribution in [-0.2, 0) is 10.0 Å². The van der Waals surface area contributed by atoms with Crippen LogP contribution in [0.4, 0.5) is 4.39 Å². The number of rotatable bonds is 7. The first-order valence-electron chi connectivity index (χ1n) is 6.09.